The fourth-order valence-electron chi connectivity index (χ4n) is 4.08. The predicted molar refractivity (Wildman–Crippen MR) is 150 cm³/mol. The fourth-order valence-corrected chi connectivity index (χ4v) is 8.88. The fraction of sp³-hybridized carbons (Fsp3) is 0.450. The zero-order chi connectivity index (χ0) is 33.0. The van der Waals surface area contributed by atoms with Crippen molar-refractivity contribution >= 4 is 73.4 Å². The zero-order valence-corrected chi connectivity index (χ0v) is 25.8. The molecule has 0 bridgehead atoms. The van der Waals surface area contributed by atoms with Gasteiger partial charge in [-0.3, -0.25) is 28.9 Å². The SMILES string of the molecule is CO[C@@]1(NC(=O)Cc2ccc(NC(=O)NCCC(P(=O)(O)O)P(=O)(O)O)s2)C(=O)N2C(OC(=O)O)=C(COC(N)=O)CS[C@H]21. The average molecular weight is 704 g/mol. The Labute approximate surface area is 255 Å². The van der Waals surface area contributed by atoms with Gasteiger partial charge < -0.3 is 55.3 Å². The lowest BCUT2D eigenvalue weighted by atomic mass is 10.0. The molecule has 1 saturated heterocycles. The van der Waals surface area contributed by atoms with Gasteiger partial charge in [0.05, 0.1) is 11.4 Å². The van der Waals surface area contributed by atoms with E-state index in [1.807, 2.05) is 0 Å². The molecule has 1 aromatic heterocycles. The molecule has 0 aliphatic carbocycles. The van der Waals surface area contributed by atoms with E-state index in [2.05, 4.69) is 16.0 Å². The molecule has 1 aromatic rings. The van der Waals surface area contributed by atoms with Crippen LogP contribution in [0.15, 0.2) is 23.6 Å². The number of fused-ring (bicyclic) bond motifs is 1. The molecule has 2 aliphatic heterocycles. The van der Waals surface area contributed by atoms with Crippen LogP contribution in [0.2, 0.25) is 0 Å². The number of carbonyl (C=O) groups is 5. The number of anilines is 1. The maximum atomic E-state index is 13.2. The highest BCUT2D eigenvalue weighted by molar-refractivity contribution is 8.00. The van der Waals surface area contributed by atoms with E-state index >= 15 is 0 Å². The molecule has 0 aromatic carbocycles. The van der Waals surface area contributed by atoms with Crippen LogP contribution in [-0.4, -0.2) is 102 Å². The first-order chi connectivity index (χ1) is 20.4. The number of methoxy groups -OCH3 is 1. The summed E-state index contributed by atoms with van der Waals surface area (Å²) in [5.41, 5.74) is 3.21. The zero-order valence-electron chi connectivity index (χ0n) is 22.4. The van der Waals surface area contributed by atoms with E-state index in [0.717, 1.165) is 35.1 Å². The Hall–Kier alpha value is -3.20. The number of carboxylic acid groups (broad SMARTS) is 1. The van der Waals surface area contributed by atoms with Gasteiger partial charge in [-0.25, -0.2) is 14.4 Å². The quantitative estimate of drug-likeness (QED) is 0.0559. The summed E-state index contributed by atoms with van der Waals surface area (Å²) >= 11 is 2.04. The number of ether oxygens (including phenoxy) is 3. The number of rotatable bonds is 13. The van der Waals surface area contributed by atoms with Gasteiger partial charge in [-0.15, -0.1) is 23.1 Å². The van der Waals surface area contributed by atoms with E-state index in [1.165, 1.54) is 12.1 Å². The maximum absolute atomic E-state index is 13.2. The van der Waals surface area contributed by atoms with Crippen molar-refractivity contribution in [3.8, 4) is 0 Å². The minimum Gasteiger partial charge on any atom is -0.449 e. The minimum absolute atomic E-state index is 0.0343. The van der Waals surface area contributed by atoms with Crippen LogP contribution in [0.25, 0.3) is 0 Å². The Morgan fingerprint density at radius 2 is 1.84 bits per heavy atom. The number of carbonyl (C=O) groups excluding carboxylic acids is 4. The molecule has 10 N–H and O–H groups in total. The Morgan fingerprint density at radius 1 is 1.18 bits per heavy atom. The first-order valence-corrected chi connectivity index (χ1v) is 17.2. The number of nitrogens with one attached hydrogen (secondary N) is 3. The van der Waals surface area contributed by atoms with Crippen LogP contribution >= 0.6 is 38.3 Å². The maximum Gasteiger partial charge on any atom is 0.512 e. The molecule has 2 aliphatic rings. The third-order valence-electron chi connectivity index (χ3n) is 5.97. The molecule has 3 rings (SSSR count). The number of amides is 5. The molecule has 0 saturated carbocycles. The van der Waals surface area contributed by atoms with Crippen LogP contribution in [0.3, 0.4) is 0 Å². The number of urea groups is 1. The molecule has 1 fully saturated rings. The van der Waals surface area contributed by atoms with Gasteiger partial charge in [0.2, 0.25) is 11.8 Å². The van der Waals surface area contributed by atoms with E-state index in [0.29, 0.717) is 4.88 Å². The summed E-state index contributed by atoms with van der Waals surface area (Å²) in [5, 5.41) is 13.3. The second-order valence-corrected chi connectivity index (χ2v) is 15.2. The third kappa shape index (κ3) is 8.29. The highest BCUT2D eigenvalue weighted by Crippen LogP contribution is 2.61. The van der Waals surface area contributed by atoms with Gasteiger partial charge in [-0.1, -0.05) is 0 Å². The van der Waals surface area contributed by atoms with Crippen LogP contribution in [0.5, 0.6) is 0 Å². The predicted octanol–water partition coefficient (Wildman–Crippen LogP) is -0.141. The van der Waals surface area contributed by atoms with Crippen LogP contribution in [-0.2, 0) is 39.4 Å². The first-order valence-electron chi connectivity index (χ1n) is 12.0. The smallest absolute Gasteiger partial charge is 0.449 e. The van der Waals surface area contributed by atoms with Gasteiger partial charge in [0.1, 0.15) is 12.0 Å². The standard InChI is InChI=1S/C20H27N5O15P2S2/c1-38-20(15(27)25-14(40-19(30)31)9(7-39-17(21)28)8-43-16(20)25)24-11(26)6-10-2-3-12(44-10)23-18(29)22-5-4-13(41(32,33)34)42(35,36)37/h2-3,13,16H,4-8H2,1H3,(H2,21,28)(H,24,26)(H,30,31)(H2,22,23,29)(H2,32,33,34)(H2,35,36,37)/t16-,20-/m0/s1. The van der Waals surface area contributed by atoms with Crippen molar-refractivity contribution in [3.05, 3.63) is 28.5 Å². The van der Waals surface area contributed by atoms with E-state index in [1.54, 1.807) is 0 Å². The van der Waals surface area contributed by atoms with Crippen LogP contribution in [0.1, 0.15) is 11.3 Å². The lowest BCUT2D eigenvalue weighted by Crippen LogP contribution is -2.80. The topological polar surface area (TPSA) is 314 Å². The molecule has 5 amide bonds. The number of nitrogens with two attached hydrogens (primary N) is 1. The molecule has 0 spiro atoms. The van der Waals surface area contributed by atoms with E-state index in [-0.39, 0.29) is 22.7 Å². The molecule has 20 nitrogen and oxygen atoms in total. The molecule has 3 heterocycles. The van der Waals surface area contributed by atoms with Gasteiger partial charge in [-0.05, 0) is 18.6 Å². The molecule has 244 valence electrons. The summed E-state index contributed by atoms with van der Waals surface area (Å²) in [7, 11) is -9.11. The van der Waals surface area contributed by atoms with Gasteiger partial charge in [0, 0.05) is 29.9 Å². The highest BCUT2D eigenvalue weighted by Gasteiger charge is 2.66. The molecular weight excluding hydrogens is 676 g/mol. The molecule has 44 heavy (non-hydrogen) atoms. The second kappa shape index (κ2) is 13.8. The molecule has 24 heteroatoms. The number of thiophene rings is 1. The van der Waals surface area contributed by atoms with Gasteiger partial charge >= 0.3 is 33.5 Å². The number of thioether (sulfide) groups is 1. The third-order valence-corrected chi connectivity index (χ3v) is 12.2. The molecule has 0 radical (unpaired) electrons. The number of hydrogen-bond donors (Lipinski definition) is 9. The highest BCUT2D eigenvalue weighted by atomic mass is 32.2. The van der Waals surface area contributed by atoms with Crippen LogP contribution in [0.4, 0.5) is 19.4 Å². The lowest BCUT2D eigenvalue weighted by molar-refractivity contribution is -0.195. The minimum atomic E-state index is -5.14. The van der Waals surface area contributed by atoms with Crippen molar-refractivity contribution in [3.63, 3.8) is 0 Å². The Morgan fingerprint density at radius 3 is 2.41 bits per heavy atom. The summed E-state index contributed by atoms with van der Waals surface area (Å²) < 4.78 is 37.5. The Kier molecular flexibility index (Phi) is 11.1. The summed E-state index contributed by atoms with van der Waals surface area (Å²) in [5.74, 6) is -1.90. The van der Waals surface area contributed by atoms with Gasteiger partial charge in [0.15, 0.2) is 5.40 Å². The van der Waals surface area contributed by atoms with Crippen molar-refractivity contribution in [1.82, 2.24) is 15.5 Å². The van der Waals surface area contributed by atoms with Gasteiger partial charge in [0.25, 0.3) is 11.6 Å². The first kappa shape index (κ1) is 35.3. The van der Waals surface area contributed by atoms with Crippen molar-refractivity contribution in [2.45, 2.75) is 29.3 Å². The lowest BCUT2D eigenvalue weighted by Gasteiger charge is -2.55. The Bertz CT molecular complexity index is 1440. The number of β-lactam (4-membered cyclic amide) rings is 1. The normalized spacial score (nSPS) is 20.0. The van der Waals surface area contributed by atoms with Crippen LogP contribution in [0, 0.1) is 0 Å². The van der Waals surface area contributed by atoms with Crippen LogP contribution < -0.4 is 21.7 Å². The second-order valence-electron chi connectivity index (χ2n) is 8.98. The Balaban J connectivity index is 1.59. The summed E-state index contributed by atoms with van der Waals surface area (Å²) in [6, 6.07) is 2.09. The largest absolute Gasteiger partial charge is 0.512 e. The summed E-state index contributed by atoms with van der Waals surface area (Å²) in [6.07, 6.45) is -3.84. The summed E-state index contributed by atoms with van der Waals surface area (Å²) in [4.78, 5) is 98.4. The van der Waals surface area contributed by atoms with E-state index in [9.17, 15) is 33.1 Å². The monoisotopic (exact) mass is 703 g/mol. The molecular formula is C20H27N5O15P2S2. The van der Waals surface area contributed by atoms with E-state index < -0.39 is 87.2 Å². The number of hydrogen-bond acceptors (Lipinski definition) is 12. The number of nitrogens with zero attached hydrogens (tertiary/aromatic N) is 1. The van der Waals surface area contributed by atoms with Gasteiger partial charge in [-0.2, -0.15) is 0 Å². The van der Waals surface area contributed by atoms with Crippen molar-refractivity contribution in [1.29, 1.82) is 0 Å². The summed E-state index contributed by atoms with van der Waals surface area (Å²) in [6.45, 7) is -0.910. The average Bonchev–Trinajstić information content (AvgIpc) is 3.32. The van der Waals surface area contributed by atoms with Crippen molar-refractivity contribution < 1.29 is 72.0 Å². The molecule has 0 unspecified atom stereocenters. The molecule has 2 atom stereocenters. The van der Waals surface area contributed by atoms with E-state index in [4.69, 9.17) is 44.6 Å². The van der Waals surface area contributed by atoms with Crippen molar-refractivity contribution in [2.75, 3.05) is 31.3 Å². The number of primary amides is 1. The van der Waals surface area contributed by atoms with Crippen molar-refractivity contribution in [2.24, 2.45) is 5.73 Å².